The molecule has 0 amide bonds. The molecule has 0 spiro atoms. The number of nitrogens with one attached hydrogen (secondary N) is 1. The van der Waals surface area contributed by atoms with Gasteiger partial charge in [-0.3, -0.25) is 0 Å². The van der Waals surface area contributed by atoms with Crippen molar-refractivity contribution < 1.29 is 4.74 Å². The molecule has 0 aromatic heterocycles. The summed E-state index contributed by atoms with van der Waals surface area (Å²) in [7, 11) is 0. The van der Waals surface area contributed by atoms with Crippen LogP contribution < -0.4 is 11.1 Å². The predicted molar refractivity (Wildman–Crippen MR) is 65.4 cm³/mol. The highest BCUT2D eigenvalue weighted by Crippen LogP contribution is 2.24. The molecule has 0 saturated carbocycles. The molecule has 4 nitrogen and oxygen atoms in total. The van der Waals surface area contributed by atoms with Crippen molar-refractivity contribution >= 4 is 0 Å². The van der Waals surface area contributed by atoms with Gasteiger partial charge in [-0.1, -0.05) is 0 Å². The second kappa shape index (κ2) is 6.55. The van der Waals surface area contributed by atoms with Crippen molar-refractivity contribution in [2.45, 2.75) is 12.8 Å². The van der Waals surface area contributed by atoms with Gasteiger partial charge in [0.1, 0.15) is 0 Å². The number of piperazine rings is 1. The van der Waals surface area contributed by atoms with Crippen LogP contribution in [0.2, 0.25) is 0 Å². The van der Waals surface area contributed by atoms with Crippen molar-refractivity contribution in [3.05, 3.63) is 0 Å². The highest BCUT2D eigenvalue weighted by molar-refractivity contribution is 4.78. The first kappa shape index (κ1) is 12.3. The SMILES string of the molecule is NCC(CN1CCNCC1)C1CCOCC1. The standard InChI is InChI=1S/C12H25N3O/c13-9-12(11-1-7-16-8-2-11)10-15-5-3-14-4-6-15/h11-12,14H,1-10,13H2. The Bertz CT molecular complexity index is 189. The summed E-state index contributed by atoms with van der Waals surface area (Å²) < 4.78 is 5.42. The molecule has 0 bridgehead atoms. The van der Waals surface area contributed by atoms with Gasteiger partial charge in [-0.15, -0.1) is 0 Å². The zero-order chi connectivity index (χ0) is 11.2. The summed E-state index contributed by atoms with van der Waals surface area (Å²) in [5, 5.41) is 3.39. The lowest BCUT2D eigenvalue weighted by atomic mass is 9.85. The third-order valence-electron chi connectivity index (χ3n) is 3.94. The van der Waals surface area contributed by atoms with E-state index in [4.69, 9.17) is 10.5 Å². The van der Waals surface area contributed by atoms with Gasteiger partial charge < -0.3 is 20.7 Å². The van der Waals surface area contributed by atoms with Crippen molar-refractivity contribution in [3.63, 3.8) is 0 Å². The van der Waals surface area contributed by atoms with Gasteiger partial charge in [0.05, 0.1) is 0 Å². The normalized spacial score (nSPS) is 26.8. The molecule has 0 aromatic carbocycles. The van der Waals surface area contributed by atoms with Crippen LogP contribution in [0.25, 0.3) is 0 Å². The summed E-state index contributed by atoms with van der Waals surface area (Å²) >= 11 is 0. The predicted octanol–water partition coefficient (Wildman–Crippen LogP) is -0.107. The first-order chi connectivity index (χ1) is 7.90. The van der Waals surface area contributed by atoms with Gasteiger partial charge in [-0.05, 0) is 31.2 Å². The molecule has 0 radical (unpaired) electrons. The van der Waals surface area contributed by atoms with Crippen LogP contribution in [0.1, 0.15) is 12.8 Å². The molecule has 4 heteroatoms. The Hall–Kier alpha value is -0.160. The average molecular weight is 227 g/mol. The summed E-state index contributed by atoms with van der Waals surface area (Å²) in [5.74, 6) is 1.45. The Labute approximate surface area is 98.5 Å². The van der Waals surface area contributed by atoms with E-state index in [0.717, 1.165) is 38.8 Å². The zero-order valence-electron chi connectivity index (χ0n) is 10.2. The molecule has 2 saturated heterocycles. The first-order valence-corrected chi connectivity index (χ1v) is 6.61. The van der Waals surface area contributed by atoms with E-state index >= 15 is 0 Å². The minimum absolute atomic E-state index is 0.669. The van der Waals surface area contributed by atoms with Crippen LogP contribution in [0.15, 0.2) is 0 Å². The Balaban J connectivity index is 1.78. The number of rotatable bonds is 4. The topological polar surface area (TPSA) is 50.5 Å². The minimum atomic E-state index is 0.669. The molecule has 2 aliphatic heterocycles. The minimum Gasteiger partial charge on any atom is -0.381 e. The highest BCUT2D eigenvalue weighted by Gasteiger charge is 2.25. The van der Waals surface area contributed by atoms with Crippen LogP contribution in [0.5, 0.6) is 0 Å². The molecule has 1 atom stereocenters. The van der Waals surface area contributed by atoms with Gasteiger partial charge in [-0.25, -0.2) is 0 Å². The number of nitrogens with two attached hydrogens (primary N) is 1. The van der Waals surface area contributed by atoms with Crippen LogP contribution in [0.3, 0.4) is 0 Å². The van der Waals surface area contributed by atoms with Crippen molar-refractivity contribution in [1.29, 1.82) is 0 Å². The van der Waals surface area contributed by atoms with Gasteiger partial charge in [0.15, 0.2) is 0 Å². The van der Waals surface area contributed by atoms with E-state index in [-0.39, 0.29) is 0 Å². The van der Waals surface area contributed by atoms with Crippen LogP contribution in [0.4, 0.5) is 0 Å². The smallest absolute Gasteiger partial charge is 0.0468 e. The Kier molecular flexibility index (Phi) is 5.03. The van der Waals surface area contributed by atoms with Gasteiger partial charge in [0.2, 0.25) is 0 Å². The van der Waals surface area contributed by atoms with Crippen molar-refractivity contribution in [2.24, 2.45) is 17.6 Å². The summed E-state index contributed by atoms with van der Waals surface area (Å²) in [6, 6.07) is 0. The maximum absolute atomic E-state index is 5.94. The van der Waals surface area contributed by atoms with Gasteiger partial charge in [0.25, 0.3) is 0 Å². The maximum atomic E-state index is 5.94. The van der Waals surface area contributed by atoms with Crippen LogP contribution >= 0.6 is 0 Å². The van der Waals surface area contributed by atoms with E-state index < -0.39 is 0 Å². The molecular formula is C12H25N3O. The largest absolute Gasteiger partial charge is 0.381 e. The molecular weight excluding hydrogens is 202 g/mol. The molecule has 0 aliphatic carbocycles. The number of hydrogen-bond donors (Lipinski definition) is 2. The van der Waals surface area contributed by atoms with Crippen molar-refractivity contribution in [3.8, 4) is 0 Å². The third-order valence-corrected chi connectivity index (χ3v) is 3.94. The summed E-state index contributed by atoms with van der Waals surface area (Å²) in [4.78, 5) is 2.56. The number of nitrogens with zero attached hydrogens (tertiary/aromatic N) is 1. The van der Waals surface area contributed by atoms with Gasteiger partial charge in [-0.2, -0.15) is 0 Å². The van der Waals surface area contributed by atoms with Crippen LogP contribution in [-0.2, 0) is 4.74 Å². The molecule has 94 valence electrons. The Morgan fingerprint density at radius 3 is 2.56 bits per heavy atom. The van der Waals surface area contributed by atoms with Crippen LogP contribution in [0, 0.1) is 11.8 Å². The molecule has 2 aliphatic rings. The lowest BCUT2D eigenvalue weighted by Crippen LogP contribution is -2.47. The van der Waals surface area contributed by atoms with Crippen LogP contribution in [-0.4, -0.2) is 57.4 Å². The summed E-state index contributed by atoms with van der Waals surface area (Å²) in [6.45, 7) is 8.50. The first-order valence-electron chi connectivity index (χ1n) is 6.61. The van der Waals surface area contributed by atoms with E-state index in [1.807, 2.05) is 0 Å². The Morgan fingerprint density at radius 1 is 1.25 bits per heavy atom. The number of hydrogen-bond acceptors (Lipinski definition) is 4. The van der Waals surface area contributed by atoms with E-state index in [1.165, 1.54) is 32.5 Å². The fraction of sp³-hybridized carbons (Fsp3) is 1.00. The molecule has 2 fully saturated rings. The van der Waals surface area contributed by atoms with E-state index in [1.54, 1.807) is 0 Å². The molecule has 3 N–H and O–H groups in total. The molecule has 16 heavy (non-hydrogen) atoms. The second-order valence-corrected chi connectivity index (χ2v) is 5.00. The van der Waals surface area contributed by atoms with E-state index in [2.05, 4.69) is 10.2 Å². The second-order valence-electron chi connectivity index (χ2n) is 5.00. The fourth-order valence-electron chi connectivity index (χ4n) is 2.83. The summed E-state index contributed by atoms with van der Waals surface area (Å²) in [6.07, 6.45) is 2.40. The quantitative estimate of drug-likeness (QED) is 0.704. The van der Waals surface area contributed by atoms with Gasteiger partial charge in [0, 0.05) is 45.9 Å². The lowest BCUT2D eigenvalue weighted by molar-refractivity contribution is 0.0389. The molecule has 1 unspecified atom stereocenters. The Morgan fingerprint density at radius 2 is 1.94 bits per heavy atom. The summed E-state index contributed by atoms with van der Waals surface area (Å²) in [5.41, 5.74) is 5.94. The molecule has 2 rings (SSSR count). The molecule has 0 aromatic rings. The maximum Gasteiger partial charge on any atom is 0.0468 e. The number of ether oxygens (including phenoxy) is 1. The van der Waals surface area contributed by atoms with Gasteiger partial charge >= 0.3 is 0 Å². The third kappa shape index (κ3) is 3.42. The van der Waals surface area contributed by atoms with E-state index in [9.17, 15) is 0 Å². The molecule has 2 heterocycles. The van der Waals surface area contributed by atoms with Crippen molar-refractivity contribution in [1.82, 2.24) is 10.2 Å². The lowest BCUT2D eigenvalue weighted by Gasteiger charge is -2.35. The van der Waals surface area contributed by atoms with E-state index in [0.29, 0.717) is 5.92 Å². The van der Waals surface area contributed by atoms with Crippen molar-refractivity contribution in [2.75, 3.05) is 52.5 Å². The highest BCUT2D eigenvalue weighted by atomic mass is 16.5. The monoisotopic (exact) mass is 227 g/mol. The average Bonchev–Trinajstić information content (AvgIpc) is 2.38. The fourth-order valence-corrected chi connectivity index (χ4v) is 2.83. The zero-order valence-corrected chi connectivity index (χ0v) is 10.2.